The molecule has 0 aliphatic heterocycles. The Hall–Kier alpha value is -2.60. The van der Waals surface area contributed by atoms with E-state index in [-0.39, 0.29) is 0 Å². The lowest BCUT2D eigenvalue weighted by Gasteiger charge is -2.12. The average Bonchev–Trinajstić information content (AvgIpc) is 2.57. The third-order valence-corrected chi connectivity index (χ3v) is 4.03. The van der Waals surface area contributed by atoms with E-state index in [2.05, 4.69) is 79.8 Å². The van der Waals surface area contributed by atoms with Gasteiger partial charge in [-0.25, -0.2) is 0 Å². The van der Waals surface area contributed by atoms with Gasteiger partial charge in [0.05, 0.1) is 0 Å². The van der Waals surface area contributed by atoms with Gasteiger partial charge in [0, 0.05) is 0 Å². The molecule has 0 spiro atoms. The Morgan fingerprint density at radius 1 is 0.636 bits per heavy atom. The molecule has 0 heterocycles. The molecule has 0 aliphatic carbocycles. The number of benzene rings is 3. The molecule has 0 unspecified atom stereocenters. The fourth-order valence-electron chi connectivity index (χ4n) is 2.95. The summed E-state index contributed by atoms with van der Waals surface area (Å²) in [7, 11) is 0. The van der Waals surface area contributed by atoms with E-state index in [1.807, 2.05) is 19.1 Å². The molecule has 0 aromatic heterocycles. The summed E-state index contributed by atoms with van der Waals surface area (Å²) in [4.78, 5) is 0. The van der Waals surface area contributed by atoms with Crippen LogP contribution in [0, 0.1) is 6.92 Å². The van der Waals surface area contributed by atoms with Crippen LogP contribution < -0.4 is 0 Å². The van der Waals surface area contributed by atoms with E-state index in [4.69, 9.17) is 0 Å². The van der Waals surface area contributed by atoms with Crippen LogP contribution in [0.2, 0.25) is 0 Å². The zero-order valence-corrected chi connectivity index (χ0v) is 13.1. The summed E-state index contributed by atoms with van der Waals surface area (Å²) >= 11 is 0. The molecule has 108 valence electrons. The van der Waals surface area contributed by atoms with Crippen molar-refractivity contribution in [3.63, 3.8) is 0 Å². The predicted octanol–water partition coefficient (Wildman–Crippen LogP) is 6.45. The summed E-state index contributed by atoms with van der Waals surface area (Å²) in [6.45, 7) is 4.24. The van der Waals surface area contributed by atoms with Gasteiger partial charge in [0.25, 0.3) is 0 Å². The first-order chi connectivity index (χ1) is 10.8. The molecule has 3 rings (SSSR count). The molecule has 0 saturated heterocycles. The molecule has 3 aromatic carbocycles. The lowest BCUT2D eigenvalue weighted by molar-refractivity contribution is 1.57. The molecule has 0 nitrogen and oxygen atoms in total. The maximum atomic E-state index is 2.21. The van der Waals surface area contributed by atoms with Gasteiger partial charge in [-0.05, 0) is 46.5 Å². The molecule has 0 aliphatic rings. The van der Waals surface area contributed by atoms with Crippen molar-refractivity contribution in [2.45, 2.75) is 13.8 Å². The number of aryl methyl sites for hydroxylation is 1. The van der Waals surface area contributed by atoms with E-state index in [1.54, 1.807) is 0 Å². The third-order valence-electron chi connectivity index (χ3n) is 4.03. The normalized spacial score (nSPS) is 12.5. The zero-order valence-electron chi connectivity index (χ0n) is 13.1. The Bertz CT molecular complexity index is 835. The summed E-state index contributed by atoms with van der Waals surface area (Å²) in [5.41, 5.74) is 2.65. The lowest BCUT2D eigenvalue weighted by Crippen LogP contribution is -1.87. The minimum absolute atomic E-state index is 1.29. The van der Waals surface area contributed by atoms with Crippen molar-refractivity contribution in [3.8, 4) is 0 Å². The summed E-state index contributed by atoms with van der Waals surface area (Å²) in [6.07, 6.45) is 12.5. The summed E-state index contributed by atoms with van der Waals surface area (Å²) in [6, 6.07) is 17.3. The van der Waals surface area contributed by atoms with Crippen LogP contribution in [0.15, 0.2) is 78.9 Å². The molecule has 0 heteroatoms. The van der Waals surface area contributed by atoms with Crippen LogP contribution in [0.5, 0.6) is 0 Å². The Labute approximate surface area is 132 Å². The van der Waals surface area contributed by atoms with Crippen LogP contribution >= 0.6 is 0 Å². The quantitative estimate of drug-likeness (QED) is 0.383. The van der Waals surface area contributed by atoms with Gasteiger partial charge in [-0.2, -0.15) is 0 Å². The highest BCUT2D eigenvalue weighted by Gasteiger charge is 2.08. The molecule has 0 amide bonds. The molecule has 0 saturated carbocycles. The average molecular weight is 284 g/mol. The summed E-state index contributed by atoms with van der Waals surface area (Å²) in [5, 5.41) is 5.29. The monoisotopic (exact) mass is 284 g/mol. The second kappa shape index (κ2) is 6.44. The molecule has 22 heavy (non-hydrogen) atoms. The molecular formula is C22H20. The Morgan fingerprint density at radius 3 is 1.68 bits per heavy atom. The van der Waals surface area contributed by atoms with Gasteiger partial charge in [0.1, 0.15) is 0 Å². The SMILES string of the molecule is C\C=C/C=C\C=C\c1c2ccccc2c(C)c2ccccc12. The van der Waals surface area contributed by atoms with Crippen LogP contribution in [-0.4, -0.2) is 0 Å². The zero-order chi connectivity index (χ0) is 15.4. The minimum Gasteiger partial charge on any atom is -0.0877 e. The van der Waals surface area contributed by atoms with Crippen molar-refractivity contribution < 1.29 is 0 Å². The largest absolute Gasteiger partial charge is 0.0877 e. The van der Waals surface area contributed by atoms with E-state index in [1.165, 1.54) is 32.7 Å². The Kier molecular flexibility index (Phi) is 4.20. The van der Waals surface area contributed by atoms with Gasteiger partial charge in [0.15, 0.2) is 0 Å². The second-order valence-electron chi connectivity index (χ2n) is 5.40. The van der Waals surface area contributed by atoms with Crippen molar-refractivity contribution in [2.24, 2.45) is 0 Å². The number of allylic oxidation sites excluding steroid dienone is 5. The lowest BCUT2D eigenvalue weighted by atomic mass is 9.92. The van der Waals surface area contributed by atoms with E-state index in [0.29, 0.717) is 0 Å². The van der Waals surface area contributed by atoms with Crippen LogP contribution in [0.1, 0.15) is 18.1 Å². The standard InChI is InChI=1S/C22H20/c1-3-4-5-6-7-14-22-20-15-10-8-12-18(20)17(2)19-13-9-11-16-21(19)22/h3-16H,1-2H3/b4-3-,6-5-,14-7+. The van der Waals surface area contributed by atoms with E-state index in [9.17, 15) is 0 Å². The molecule has 0 bridgehead atoms. The first-order valence-electron chi connectivity index (χ1n) is 7.69. The molecule has 0 N–H and O–H groups in total. The van der Waals surface area contributed by atoms with E-state index >= 15 is 0 Å². The highest BCUT2D eigenvalue weighted by molar-refractivity contribution is 6.09. The molecule has 0 atom stereocenters. The van der Waals surface area contributed by atoms with Crippen LogP contribution in [0.25, 0.3) is 27.6 Å². The van der Waals surface area contributed by atoms with Crippen LogP contribution in [0.4, 0.5) is 0 Å². The van der Waals surface area contributed by atoms with Gasteiger partial charge >= 0.3 is 0 Å². The van der Waals surface area contributed by atoms with E-state index < -0.39 is 0 Å². The molecular weight excluding hydrogens is 264 g/mol. The first-order valence-corrected chi connectivity index (χ1v) is 7.69. The van der Waals surface area contributed by atoms with Crippen molar-refractivity contribution in [1.82, 2.24) is 0 Å². The van der Waals surface area contributed by atoms with Crippen molar-refractivity contribution >= 4 is 27.6 Å². The third kappa shape index (κ3) is 2.60. The maximum absolute atomic E-state index is 2.21. The fourth-order valence-corrected chi connectivity index (χ4v) is 2.95. The van der Waals surface area contributed by atoms with Gasteiger partial charge in [-0.3, -0.25) is 0 Å². The Balaban J connectivity index is 2.27. The second-order valence-corrected chi connectivity index (χ2v) is 5.40. The smallest absolute Gasteiger partial charge is 0.00992 e. The van der Waals surface area contributed by atoms with Crippen molar-refractivity contribution in [2.75, 3.05) is 0 Å². The summed E-state index contributed by atoms with van der Waals surface area (Å²) in [5.74, 6) is 0. The minimum atomic E-state index is 1.29. The molecule has 0 fully saturated rings. The van der Waals surface area contributed by atoms with E-state index in [0.717, 1.165) is 0 Å². The highest BCUT2D eigenvalue weighted by atomic mass is 14.1. The van der Waals surface area contributed by atoms with Crippen molar-refractivity contribution in [1.29, 1.82) is 0 Å². The van der Waals surface area contributed by atoms with Crippen LogP contribution in [-0.2, 0) is 0 Å². The Morgan fingerprint density at radius 2 is 1.14 bits per heavy atom. The predicted molar refractivity (Wildman–Crippen MR) is 99.2 cm³/mol. The first kappa shape index (κ1) is 14.3. The number of fused-ring (bicyclic) bond motifs is 2. The number of hydrogen-bond acceptors (Lipinski definition) is 0. The highest BCUT2D eigenvalue weighted by Crippen LogP contribution is 2.33. The fraction of sp³-hybridized carbons (Fsp3) is 0.0909. The van der Waals surface area contributed by atoms with Gasteiger partial charge in [-0.15, -0.1) is 0 Å². The topological polar surface area (TPSA) is 0 Å². The molecule has 0 radical (unpaired) electrons. The number of hydrogen-bond donors (Lipinski definition) is 0. The maximum Gasteiger partial charge on any atom is -0.00992 e. The van der Waals surface area contributed by atoms with Crippen molar-refractivity contribution in [3.05, 3.63) is 90.0 Å². The van der Waals surface area contributed by atoms with Gasteiger partial charge in [-0.1, -0.05) is 85.0 Å². The number of rotatable bonds is 3. The van der Waals surface area contributed by atoms with Crippen LogP contribution in [0.3, 0.4) is 0 Å². The summed E-state index contributed by atoms with van der Waals surface area (Å²) < 4.78 is 0. The van der Waals surface area contributed by atoms with Gasteiger partial charge < -0.3 is 0 Å². The molecule has 3 aromatic rings. The van der Waals surface area contributed by atoms with Gasteiger partial charge in [0.2, 0.25) is 0 Å².